The number of aliphatic carboxylic acids is 1. The number of likely N-dealkylation sites (tertiary alicyclic amines) is 1. The maximum Gasteiger partial charge on any atom is 0.392 e. The van der Waals surface area contributed by atoms with E-state index in [1.54, 1.807) is 0 Å². The van der Waals surface area contributed by atoms with Gasteiger partial charge in [0.1, 0.15) is 6.54 Å². The van der Waals surface area contributed by atoms with Crippen LogP contribution in [0, 0.1) is 11.7 Å². The third-order valence-corrected chi connectivity index (χ3v) is 4.20. The molecule has 1 fully saturated rings. The first kappa shape index (κ1) is 23.1. The van der Waals surface area contributed by atoms with Gasteiger partial charge in [-0.25, -0.2) is 4.39 Å². The Morgan fingerprint density at radius 1 is 1.27 bits per heavy atom. The van der Waals surface area contributed by atoms with Crippen molar-refractivity contribution in [3.63, 3.8) is 0 Å². The highest BCUT2D eigenvalue weighted by molar-refractivity contribution is 6.19. The number of carbonyl (C=O) groups is 4. The smallest absolute Gasteiger partial charge is 0.392 e. The summed E-state index contributed by atoms with van der Waals surface area (Å²) in [5, 5.41) is 10.6. The molecule has 1 aromatic carbocycles. The van der Waals surface area contributed by atoms with E-state index >= 15 is 0 Å². The first-order valence-electron chi connectivity index (χ1n) is 8.77. The number of nitrogens with zero attached hydrogens (tertiary/aromatic N) is 1. The molecule has 30 heavy (non-hydrogen) atoms. The molecule has 2 rings (SSSR count). The first-order chi connectivity index (χ1) is 14.0. The number of rotatable bonds is 8. The second-order valence-corrected chi connectivity index (χ2v) is 6.50. The van der Waals surface area contributed by atoms with Crippen LogP contribution in [0.4, 0.5) is 17.6 Å². The van der Waals surface area contributed by atoms with Crippen molar-refractivity contribution in [2.24, 2.45) is 5.92 Å². The molecule has 0 bridgehead atoms. The van der Waals surface area contributed by atoms with Crippen LogP contribution in [0.1, 0.15) is 18.4 Å². The second kappa shape index (κ2) is 9.55. The zero-order valence-corrected chi connectivity index (χ0v) is 15.5. The molecular formula is C18H18F4N2O6. The molecule has 1 aliphatic rings. The minimum atomic E-state index is -4.43. The van der Waals surface area contributed by atoms with Crippen molar-refractivity contribution in [3.05, 3.63) is 29.6 Å². The fourth-order valence-electron chi connectivity index (χ4n) is 2.76. The highest BCUT2D eigenvalue weighted by Gasteiger charge is 2.40. The molecule has 0 aliphatic carbocycles. The van der Waals surface area contributed by atoms with Crippen LogP contribution >= 0.6 is 0 Å². The molecule has 0 radical (unpaired) electrons. The van der Waals surface area contributed by atoms with Crippen LogP contribution < -0.4 is 10.1 Å². The maximum atomic E-state index is 14.1. The van der Waals surface area contributed by atoms with Crippen molar-refractivity contribution in [2.75, 3.05) is 19.7 Å². The fraction of sp³-hybridized carbons (Fsp3) is 0.444. The summed E-state index contributed by atoms with van der Waals surface area (Å²) >= 11 is 0. The van der Waals surface area contributed by atoms with Gasteiger partial charge in [-0.3, -0.25) is 19.2 Å². The zero-order chi connectivity index (χ0) is 22.5. The average molecular weight is 434 g/mol. The minimum Gasteiger partial charge on any atom is -0.490 e. The third-order valence-electron chi connectivity index (χ3n) is 4.20. The van der Waals surface area contributed by atoms with Crippen LogP contribution in [0.5, 0.6) is 5.75 Å². The van der Waals surface area contributed by atoms with E-state index in [9.17, 15) is 36.7 Å². The standard InChI is InChI=1S/C18H18F4N2O6/c19-11-7-10(1-2-13(11)30-6-4-18(20,21)22)9-24-5-3-12(25)15(17(24)29)16(28)23-8-14(26)27/h1-2,7,15H,3-6,8-9H2,(H,23,28)(H,26,27). The Morgan fingerprint density at radius 3 is 2.57 bits per heavy atom. The number of ether oxygens (including phenoxy) is 1. The largest absolute Gasteiger partial charge is 0.490 e. The fourth-order valence-corrected chi connectivity index (χ4v) is 2.76. The SMILES string of the molecule is O=C(O)CNC(=O)C1C(=O)CCN(Cc2ccc(OCCC(F)(F)F)c(F)c2)C1=O. The van der Waals surface area contributed by atoms with Crippen LogP contribution in [0.2, 0.25) is 0 Å². The Hall–Kier alpha value is -3.18. The Balaban J connectivity index is 2.02. The Morgan fingerprint density at radius 2 is 1.97 bits per heavy atom. The number of nitrogens with one attached hydrogen (secondary N) is 1. The number of amides is 2. The summed E-state index contributed by atoms with van der Waals surface area (Å²) in [7, 11) is 0. The summed E-state index contributed by atoms with van der Waals surface area (Å²) in [4.78, 5) is 48.1. The van der Waals surface area contributed by atoms with Crippen LogP contribution in [0.15, 0.2) is 18.2 Å². The van der Waals surface area contributed by atoms with Gasteiger partial charge in [-0.2, -0.15) is 13.2 Å². The highest BCUT2D eigenvalue weighted by Crippen LogP contribution is 2.24. The van der Waals surface area contributed by atoms with Crippen molar-refractivity contribution >= 4 is 23.6 Å². The lowest BCUT2D eigenvalue weighted by atomic mass is 9.94. The number of piperidine rings is 1. The van der Waals surface area contributed by atoms with Crippen molar-refractivity contribution in [1.82, 2.24) is 10.2 Å². The van der Waals surface area contributed by atoms with Gasteiger partial charge >= 0.3 is 12.1 Å². The summed E-state index contributed by atoms with van der Waals surface area (Å²) in [5.41, 5.74) is 0.267. The van der Waals surface area contributed by atoms with E-state index in [-0.39, 0.29) is 30.8 Å². The third kappa shape index (κ3) is 6.42. The number of carboxylic acid groups (broad SMARTS) is 1. The highest BCUT2D eigenvalue weighted by atomic mass is 19.4. The van der Waals surface area contributed by atoms with Crippen molar-refractivity contribution < 1.29 is 46.6 Å². The maximum absolute atomic E-state index is 14.1. The molecule has 164 valence electrons. The molecule has 1 aliphatic heterocycles. The predicted octanol–water partition coefficient (Wildman–Crippen LogP) is 1.28. The van der Waals surface area contributed by atoms with Crippen LogP contribution in [-0.4, -0.2) is 59.4 Å². The number of halogens is 4. The topological polar surface area (TPSA) is 113 Å². The Bertz CT molecular complexity index is 842. The lowest BCUT2D eigenvalue weighted by Crippen LogP contribution is -2.52. The molecule has 1 unspecified atom stereocenters. The summed E-state index contributed by atoms with van der Waals surface area (Å²) in [5.74, 6) is -6.87. The van der Waals surface area contributed by atoms with Crippen LogP contribution in [0.3, 0.4) is 0 Å². The van der Waals surface area contributed by atoms with E-state index in [1.807, 2.05) is 5.32 Å². The minimum absolute atomic E-state index is 0.0220. The van der Waals surface area contributed by atoms with Crippen LogP contribution in [0.25, 0.3) is 0 Å². The van der Waals surface area contributed by atoms with Gasteiger partial charge in [-0.1, -0.05) is 6.07 Å². The van der Waals surface area contributed by atoms with E-state index < -0.39 is 61.1 Å². The number of Topliss-reactive ketones (excluding diaryl/α,β-unsaturated/α-hetero) is 1. The summed E-state index contributed by atoms with van der Waals surface area (Å²) in [6.07, 6.45) is -5.82. The van der Waals surface area contributed by atoms with Gasteiger partial charge in [0.25, 0.3) is 0 Å². The lowest BCUT2D eigenvalue weighted by Gasteiger charge is -2.30. The number of carboxylic acids is 1. The van der Waals surface area contributed by atoms with Crippen molar-refractivity contribution in [2.45, 2.75) is 25.6 Å². The molecule has 0 spiro atoms. The van der Waals surface area contributed by atoms with E-state index in [0.717, 1.165) is 17.0 Å². The number of alkyl halides is 3. The average Bonchev–Trinajstić information content (AvgIpc) is 2.63. The number of hydrogen-bond acceptors (Lipinski definition) is 5. The quantitative estimate of drug-likeness (QED) is 0.471. The number of carbonyl (C=O) groups excluding carboxylic acids is 3. The molecular weight excluding hydrogens is 416 g/mol. The monoisotopic (exact) mass is 434 g/mol. The van der Waals surface area contributed by atoms with E-state index in [4.69, 9.17) is 9.84 Å². The summed E-state index contributed by atoms with van der Waals surface area (Å²) in [6, 6.07) is 3.44. The van der Waals surface area contributed by atoms with Gasteiger partial charge in [0.05, 0.1) is 13.0 Å². The molecule has 1 saturated heterocycles. The van der Waals surface area contributed by atoms with Gasteiger partial charge in [-0.05, 0) is 17.7 Å². The molecule has 1 aromatic rings. The molecule has 0 saturated carbocycles. The predicted molar refractivity (Wildman–Crippen MR) is 91.7 cm³/mol. The van der Waals surface area contributed by atoms with Crippen molar-refractivity contribution in [3.8, 4) is 5.75 Å². The molecule has 12 heteroatoms. The molecule has 8 nitrogen and oxygen atoms in total. The molecule has 0 aromatic heterocycles. The molecule has 1 heterocycles. The van der Waals surface area contributed by atoms with Gasteiger partial charge < -0.3 is 20.1 Å². The zero-order valence-electron chi connectivity index (χ0n) is 15.5. The summed E-state index contributed by atoms with van der Waals surface area (Å²) < 4.78 is 55.2. The van der Waals surface area contributed by atoms with Gasteiger partial charge in [0.15, 0.2) is 23.3 Å². The second-order valence-electron chi connectivity index (χ2n) is 6.50. The number of ketones is 1. The van der Waals surface area contributed by atoms with E-state index in [1.165, 1.54) is 6.07 Å². The first-order valence-corrected chi connectivity index (χ1v) is 8.77. The molecule has 2 amide bonds. The van der Waals surface area contributed by atoms with Gasteiger partial charge in [0.2, 0.25) is 11.8 Å². The Labute approximate surface area is 167 Å². The lowest BCUT2D eigenvalue weighted by molar-refractivity contribution is -0.152. The summed E-state index contributed by atoms with van der Waals surface area (Å²) in [6.45, 7) is -1.68. The van der Waals surface area contributed by atoms with E-state index in [0.29, 0.717) is 0 Å². The Kier molecular flexibility index (Phi) is 7.35. The number of benzene rings is 1. The molecule has 1 atom stereocenters. The normalized spacial score (nSPS) is 17.1. The molecule has 2 N–H and O–H groups in total. The van der Waals surface area contributed by atoms with E-state index in [2.05, 4.69) is 0 Å². The number of hydrogen-bond donors (Lipinski definition) is 2. The van der Waals surface area contributed by atoms with Crippen molar-refractivity contribution in [1.29, 1.82) is 0 Å². The van der Waals surface area contributed by atoms with Gasteiger partial charge in [-0.15, -0.1) is 0 Å². The van der Waals surface area contributed by atoms with Gasteiger partial charge in [0, 0.05) is 19.5 Å². The van der Waals surface area contributed by atoms with Crippen LogP contribution in [-0.2, 0) is 25.7 Å².